The van der Waals surface area contributed by atoms with E-state index in [2.05, 4.69) is 10.3 Å². The van der Waals surface area contributed by atoms with Gasteiger partial charge in [0, 0.05) is 17.8 Å². The monoisotopic (exact) mass is 392 g/mol. The number of carbonyl (C=O) groups excluding carboxylic acids is 1. The summed E-state index contributed by atoms with van der Waals surface area (Å²) in [6.07, 6.45) is 2.99. The molecule has 0 fully saturated rings. The van der Waals surface area contributed by atoms with Gasteiger partial charge in [-0.25, -0.2) is 9.37 Å². The van der Waals surface area contributed by atoms with Crippen LogP contribution in [0.2, 0.25) is 5.02 Å². The molecular formula is C22H14ClFN2O2. The first kappa shape index (κ1) is 17.9. The number of benzene rings is 3. The number of halogens is 2. The molecule has 3 aromatic carbocycles. The third kappa shape index (κ3) is 3.94. The minimum Gasteiger partial charge on any atom is -0.436 e. The van der Waals surface area contributed by atoms with E-state index in [0.29, 0.717) is 33.3 Å². The zero-order valence-corrected chi connectivity index (χ0v) is 15.3. The third-order valence-corrected chi connectivity index (χ3v) is 4.39. The number of fused-ring (bicyclic) bond motifs is 1. The molecule has 0 aliphatic rings. The van der Waals surface area contributed by atoms with E-state index < -0.39 is 0 Å². The van der Waals surface area contributed by atoms with Crippen molar-refractivity contribution in [2.24, 2.45) is 0 Å². The number of hydrogen-bond donors (Lipinski definition) is 1. The van der Waals surface area contributed by atoms with Crippen molar-refractivity contribution in [3.63, 3.8) is 0 Å². The van der Waals surface area contributed by atoms with Crippen LogP contribution >= 0.6 is 11.6 Å². The zero-order chi connectivity index (χ0) is 19.5. The predicted molar refractivity (Wildman–Crippen MR) is 109 cm³/mol. The van der Waals surface area contributed by atoms with E-state index in [0.717, 1.165) is 5.56 Å². The van der Waals surface area contributed by atoms with Gasteiger partial charge in [0.25, 0.3) is 0 Å². The number of nitrogens with one attached hydrogen (secondary N) is 1. The van der Waals surface area contributed by atoms with E-state index >= 15 is 0 Å². The van der Waals surface area contributed by atoms with Gasteiger partial charge in [-0.15, -0.1) is 0 Å². The fourth-order valence-corrected chi connectivity index (χ4v) is 2.90. The summed E-state index contributed by atoms with van der Waals surface area (Å²) in [6, 6.07) is 18.4. The van der Waals surface area contributed by atoms with Crippen LogP contribution in [0.4, 0.5) is 10.1 Å². The molecule has 0 saturated heterocycles. The number of hydrogen-bond acceptors (Lipinski definition) is 3. The van der Waals surface area contributed by atoms with Crippen LogP contribution in [0.3, 0.4) is 0 Å². The summed E-state index contributed by atoms with van der Waals surface area (Å²) in [4.78, 5) is 16.6. The number of nitrogens with zero attached hydrogens (tertiary/aromatic N) is 1. The van der Waals surface area contributed by atoms with E-state index in [9.17, 15) is 9.18 Å². The lowest BCUT2D eigenvalue weighted by Crippen LogP contribution is -2.07. The molecule has 4 rings (SSSR count). The van der Waals surface area contributed by atoms with Crippen LogP contribution in [0.5, 0.6) is 0 Å². The van der Waals surface area contributed by atoms with Gasteiger partial charge >= 0.3 is 0 Å². The fraction of sp³-hybridized carbons (Fsp3) is 0. The van der Waals surface area contributed by atoms with Crippen molar-refractivity contribution in [3.8, 4) is 11.5 Å². The summed E-state index contributed by atoms with van der Waals surface area (Å²) in [7, 11) is 0. The van der Waals surface area contributed by atoms with Crippen molar-refractivity contribution in [1.82, 2.24) is 4.98 Å². The number of aromatic nitrogens is 1. The molecule has 1 amide bonds. The average molecular weight is 393 g/mol. The van der Waals surface area contributed by atoms with Crippen molar-refractivity contribution in [2.45, 2.75) is 0 Å². The Bertz CT molecular complexity index is 1180. The van der Waals surface area contributed by atoms with Gasteiger partial charge in [0.15, 0.2) is 5.58 Å². The SMILES string of the molecule is O=C(/C=C/c1ccc(F)cc1)Nc1ccc2nc(-c3ccccc3Cl)oc2c1. The Labute approximate surface area is 165 Å². The van der Waals surface area contributed by atoms with Crippen LogP contribution < -0.4 is 5.32 Å². The lowest BCUT2D eigenvalue weighted by Gasteiger charge is -2.01. The van der Waals surface area contributed by atoms with Crippen LogP contribution in [0.25, 0.3) is 28.6 Å². The molecule has 28 heavy (non-hydrogen) atoms. The van der Waals surface area contributed by atoms with Gasteiger partial charge in [-0.05, 0) is 48.0 Å². The maximum atomic E-state index is 12.9. The van der Waals surface area contributed by atoms with Crippen LogP contribution in [0, 0.1) is 5.82 Å². The molecular weight excluding hydrogens is 379 g/mol. The normalized spacial score (nSPS) is 11.2. The highest BCUT2D eigenvalue weighted by molar-refractivity contribution is 6.33. The Morgan fingerprint density at radius 3 is 2.64 bits per heavy atom. The molecule has 1 N–H and O–H groups in total. The Kier molecular flexibility index (Phi) is 4.91. The number of amides is 1. The summed E-state index contributed by atoms with van der Waals surface area (Å²) in [5.41, 5.74) is 3.20. The Balaban J connectivity index is 1.52. The summed E-state index contributed by atoms with van der Waals surface area (Å²) < 4.78 is 18.7. The first-order chi connectivity index (χ1) is 13.6. The Morgan fingerprint density at radius 2 is 1.86 bits per heavy atom. The van der Waals surface area contributed by atoms with E-state index in [4.69, 9.17) is 16.0 Å². The second kappa shape index (κ2) is 7.66. The average Bonchev–Trinajstić information content (AvgIpc) is 3.11. The molecule has 0 bridgehead atoms. The molecule has 4 aromatic rings. The van der Waals surface area contributed by atoms with E-state index in [1.807, 2.05) is 18.2 Å². The second-order valence-corrected chi connectivity index (χ2v) is 6.46. The van der Waals surface area contributed by atoms with Gasteiger partial charge in [0.05, 0.1) is 10.6 Å². The van der Waals surface area contributed by atoms with Gasteiger partial charge < -0.3 is 9.73 Å². The first-order valence-corrected chi connectivity index (χ1v) is 8.86. The highest BCUT2D eigenvalue weighted by Gasteiger charge is 2.12. The molecule has 0 spiro atoms. The van der Waals surface area contributed by atoms with Crippen molar-refractivity contribution < 1.29 is 13.6 Å². The number of carbonyl (C=O) groups is 1. The summed E-state index contributed by atoms with van der Waals surface area (Å²) in [6.45, 7) is 0. The van der Waals surface area contributed by atoms with Gasteiger partial charge in [0.1, 0.15) is 11.3 Å². The molecule has 138 valence electrons. The molecule has 0 aliphatic carbocycles. The van der Waals surface area contributed by atoms with Crippen LogP contribution in [0.1, 0.15) is 5.56 Å². The van der Waals surface area contributed by atoms with E-state index in [-0.39, 0.29) is 11.7 Å². The minimum absolute atomic E-state index is 0.311. The quantitative estimate of drug-likeness (QED) is 0.437. The molecule has 6 heteroatoms. The smallest absolute Gasteiger partial charge is 0.248 e. The fourth-order valence-electron chi connectivity index (χ4n) is 2.68. The van der Waals surface area contributed by atoms with Gasteiger partial charge in [-0.3, -0.25) is 4.79 Å². The Morgan fingerprint density at radius 1 is 1.07 bits per heavy atom. The van der Waals surface area contributed by atoms with Crippen LogP contribution in [-0.4, -0.2) is 10.9 Å². The number of anilines is 1. The first-order valence-electron chi connectivity index (χ1n) is 8.48. The van der Waals surface area contributed by atoms with E-state index in [1.165, 1.54) is 18.2 Å². The van der Waals surface area contributed by atoms with E-state index in [1.54, 1.807) is 42.5 Å². The lowest BCUT2D eigenvalue weighted by molar-refractivity contribution is -0.111. The second-order valence-electron chi connectivity index (χ2n) is 6.06. The van der Waals surface area contributed by atoms with Crippen LogP contribution in [0.15, 0.2) is 77.2 Å². The summed E-state index contributed by atoms with van der Waals surface area (Å²) >= 11 is 6.19. The van der Waals surface area contributed by atoms with Gasteiger partial charge in [-0.1, -0.05) is 35.9 Å². The highest BCUT2D eigenvalue weighted by Crippen LogP contribution is 2.30. The van der Waals surface area contributed by atoms with Gasteiger partial charge in [-0.2, -0.15) is 0 Å². The lowest BCUT2D eigenvalue weighted by atomic mass is 10.2. The van der Waals surface area contributed by atoms with Crippen molar-refractivity contribution in [2.75, 3.05) is 5.32 Å². The maximum absolute atomic E-state index is 12.9. The predicted octanol–water partition coefficient (Wildman–Crippen LogP) is 5.94. The largest absolute Gasteiger partial charge is 0.436 e. The van der Waals surface area contributed by atoms with Crippen molar-refractivity contribution in [1.29, 1.82) is 0 Å². The van der Waals surface area contributed by atoms with Crippen molar-refractivity contribution >= 4 is 40.4 Å². The highest BCUT2D eigenvalue weighted by atomic mass is 35.5. The summed E-state index contributed by atoms with van der Waals surface area (Å²) in [5.74, 6) is -0.215. The molecule has 0 saturated carbocycles. The number of rotatable bonds is 4. The Hall–Kier alpha value is -3.44. The minimum atomic E-state index is -0.321. The van der Waals surface area contributed by atoms with Crippen molar-refractivity contribution in [3.05, 3.63) is 89.2 Å². The molecule has 4 nitrogen and oxygen atoms in total. The molecule has 1 aromatic heterocycles. The molecule has 0 atom stereocenters. The maximum Gasteiger partial charge on any atom is 0.248 e. The molecule has 0 aliphatic heterocycles. The van der Waals surface area contributed by atoms with Crippen LogP contribution in [-0.2, 0) is 4.79 Å². The molecule has 0 unspecified atom stereocenters. The topological polar surface area (TPSA) is 55.1 Å². The molecule has 1 heterocycles. The standard InChI is InChI=1S/C22H14ClFN2O2/c23-18-4-2-1-3-17(18)22-26-19-11-10-16(13-20(19)28-22)25-21(27)12-7-14-5-8-15(24)9-6-14/h1-13H,(H,25,27)/b12-7+. The summed E-state index contributed by atoms with van der Waals surface area (Å²) in [5, 5.41) is 3.31. The number of oxazole rings is 1. The third-order valence-electron chi connectivity index (χ3n) is 4.06. The zero-order valence-electron chi connectivity index (χ0n) is 14.5. The molecule has 0 radical (unpaired) electrons. The van der Waals surface area contributed by atoms with Gasteiger partial charge in [0.2, 0.25) is 11.8 Å².